The van der Waals surface area contributed by atoms with Gasteiger partial charge in [-0.05, 0) is 42.5 Å². The fraction of sp³-hybridized carbons (Fsp3) is 0. The van der Waals surface area contributed by atoms with E-state index in [2.05, 4.69) is 10.6 Å². The summed E-state index contributed by atoms with van der Waals surface area (Å²) in [5, 5.41) is 15.9. The summed E-state index contributed by atoms with van der Waals surface area (Å²) >= 11 is 5.02. The van der Waals surface area contributed by atoms with Gasteiger partial charge in [-0.1, -0.05) is 18.2 Å². The van der Waals surface area contributed by atoms with Crippen molar-refractivity contribution in [3.63, 3.8) is 0 Å². The fourth-order valence-corrected chi connectivity index (χ4v) is 2.49. The normalized spacial score (nSPS) is 10.3. The first-order chi connectivity index (χ1) is 12.9. The first kappa shape index (κ1) is 18.2. The number of amides is 1. The van der Waals surface area contributed by atoms with E-state index >= 15 is 0 Å². The Labute approximate surface area is 158 Å². The number of halogens is 1. The van der Waals surface area contributed by atoms with Crippen LogP contribution in [-0.2, 0) is 0 Å². The highest BCUT2D eigenvalue weighted by Crippen LogP contribution is 2.25. The van der Waals surface area contributed by atoms with E-state index in [1.54, 1.807) is 12.1 Å². The number of benzene rings is 2. The molecular weight excluding hydrogens is 373 g/mol. The largest absolute Gasteiger partial charge is 0.451 e. The molecule has 0 aliphatic rings. The van der Waals surface area contributed by atoms with E-state index in [0.29, 0.717) is 17.0 Å². The van der Waals surface area contributed by atoms with E-state index in [1.165, 1.54) is 48.5 Å². The standard InChI is InChI=1S/C18H12FN3O4S/c19-12-4-2-5-13(10-12)20-18(27)21-17(23)16-8-7-15(26-16)11-3-1-6-14(9-11)22(24)25/h1-10H,(H2,20,21,23,27). The van der Waals surface area contributed by atoms with E-state index < -0.39 is 16.6 Å². The molecule has 0 saturated heterocycles. The second kappa shape index (κ2) is 7.75. The van der Waals surface area contributed by atoms with Crippen molar-refractivity contribution < 1.29 is 18.5 Å². The summed E-state index contributed by atoms with van der Waals surface area (Å²) in [6, 6.07) is 14.4. The average Bonchev–Trinajstić information content (AvgIpc) is 3.12. The molecule has 1 heterocycles. The van der Waals surface area contributed by atoms with Crippen LogP contribution < -0.4 is 10.6 Å². The van der Waals surface area contributed by atoms with Gasteiger partial charge in [0.25, 0.3) is 11.6 Å². The highest BCUT2D eigenvalue weighted by Gasteiger charge is 2.15. The van der Waals surface area contributed by atoms with Crippen molar-refractivity contribution in [3.05, 3.63) is 82.4 Å². The molecule has 136 valence electrons. The van der Waals surface area contributed by atoms with Gasteiger partial charge in [0, 0.05) is 23.4 Å². The fourth-order valence-electron chi connectivity index (χ4n) is 2.28. The van der Waals surface area contributed by atoms with Gasteiger partial charge in [0.05, 0.1) is 4.92 Å². The number of rotatable bonds is 4. The van der Waals surface area contributed by atoms with Crippen molar-refractivity contribution in [2.24, 2.45) is 0 Å². The van der Waals surface area contributed by atoms with Crippen LogP contribution in [0.4, 0.5) is 15.8 Å². The van der Waals surface area contributed by atoms with Gasteiger partial charge >= 0.3 is 0 Å². The number of nitrogens with zero attached hydrogens (tertiary/aromatic N) is 1. The molecule has 0 aliphatic heterocycles. The highest BCUT2D eigenvalue weighted by atomic mass is 32.1. The molecular formula is C18H12FN3O4S. The van der Waals surface area contributed by atoms with Crippen LogP contribution in [0.15, 0.2) is 65.1 Å². The van der Waals surface area contributed by atoms with Gasteiger partial charge in [0.15, 0.2) is 10.9 Å². The Balaban J connectivity index is 1.69. The highest BCUT2D eigenvalue weighted by molar-refractivity contribution is 7.80. The molecule has 0 radical (unpaired) electrons. The van der Waals surface area contributed by atoms with Gasteiger partial charge in [-0.2, -0.15) is 0 Å². The van der Waals surface area contributed by atoms with E-state index in [0.717, 1.165) is 0 Å². The number of hydrogen-bond donors (Lipinski definition) is 2. The first-order valence-corrected chi connectivity index (χ1v) is 8.06. The lowest BCUT2D eigenvalue weighted by atomic mass is 10.1. The lowest BCUT2D eigenvalue weighted by Crippen LogP contribution is -2.33. The lowest BCUT2D eigenvalue weighted by molar-refractivity contribution is -0.384. The molecule has 7 nitrogen and oxygen atoms in total. The Morgan fingerprint density at radius 3 is 2.63 bits per heavy atom. The van der Waals surface area contributed by atoms with Crippen molar-refractivity contribution in [2.45, 2.75) is 0 Å². The Bertz CT molecular complexity index is 1030. The molecule has 0 fully saturated rings. The van der Waals surface area contributed by atoms with Crippen LogP contribution in [0.5, 0.6) is 0 Å². The minimum atomic E-state index is -0.611. The SMILES string of the molecule is O=C(NC(=S)Nc1cccc(F)c1)c1ccc(-c2cccc([N+](=O)[O-])c2)o1. The second-order valence-electron chi connectivity index (χ2n) is 5.39. The number of thiocarbonyl (C=S) groups is 1. The quantitative estimate of drug-likeness (QED) is 0.398. The predicted octanol–water partition coefficient (Wildman–Crippen LogP) is 4.12. The maximum atomic E-state index is 13.2. The van der Waals surface area contributed by atoms with Gasteiger partial charge in [-0.15, -0.1) is 0 Å². The van der Waals surface area contributed by atoms with Crippen LogP contribution in [0.2, 0.25) is 0 Å². The molecule has 0 aliphatic carbocycles. The van der Waals surface area contributed by atoms with Crippen LogP contribution in [-0.4, -0.2) is 15.9 Å². The van der Waals surface area contributed by atoms with Gasteiger partial charge < -0.3 is 9.73 Å². The van der Waals surface area contributed by atoms with Crippen molar-refractivity contribution in [1.82, 2.24) is 5.32 Å². The molecule has 3 aromatic rings. The summed E-state index contributed by atoms with van der Waals surface area (Å²) in [4.78, 5) is 22.6. The van der Waals surface area contributed by atoms with Crippen molar-refractivity contribution >= 4 is 34.6 Å². The Morgan fingerprint density at radius 1 is 1.11 bits per heavy atom. The number of carbonyl (C=O) groups excluding carboxylic acids is 1. The van der Waals surface area contributed by atoms with Crippen LogP contribution >= 0.6 is 12.2 Å². The van der Waals surface area contributed by atoms with Crippen LogP contribution in [0, 0.1) is 15.9 Å². The predicted molar refractivity (Wildman–Crippen MR) is 101 cm³/mol. The summed E-state index contributed by atoms with van der Waals surface area (Å²) in [7, 11) is 0. The molecule has 1 amide bonds. The molecule has 0 spiro atoms. The summed E-state index contributed by atoms with van der Waals surface area (Å²) < 4.78 is 18.6. The summed E-state index contributed by atoms with van der Waals surface area (Å²) in [6.07, 6.45) is 0. The van der Waals surface area contributed by atoms with E-state index in [1.807, 2.05) is 0 Å². The number of furan rings is 1. The van der Waals surface area contributed by atoms with Crippen molar-refractivity contribution in [1.29, 1.82) is 0 Å². The summed E-state index contributed by atoms with van der Waals surface area (Å²) in [6.45, 7) is 0. The number of nitro benzene ring substituents is 1. The van der Waals surface area contributed by atoms with E-state index in [4.69, 9.17) is 16.6 Å². The number of nitrogens with one attached hydrogen (secondary N) is 2. The molecule has 9 heteroatoms. The third-order valence-electron chi connectivity index (χ3n) is 3.48. The molecule has 0 bridgehead atoms. The van der Waals surface area contributed by atoms with Gasteiger partial charge in [-0.3, -0.25) is 20.2 Å². The zero-order chi connectivity index (χ0) is 19.4. The van der Waals surface area contributed by atoms with E-state index in [-0.39, 0.29) is 16.6 Å². The minimum absolute atomic E-state index is 0.0279. The minimum Gasteiger partial charge on any atom is -0.451 e. The summed E-state index contributed by atoms with van der Waals surface area (Å²) in [5.74, 6) is -0.782. The summed E-state index contributed by atoms with van der Waals surface area (Å²) in [5.41, 5.74) is 0.760. The smallest absolute Gasteiger partial charge is 0.293 e. The molecule has 2 N–H and O–H groups in total. The van der Waals surface area contributed by atoms with Crippen LogP contribution in [0.25, 0.3) is 11.3 Å². The van der Waals surface area contributed by atoms with Crippen LogP contribution in [0.3, 0.4) is 0 Å². The van der Waals surface area contributed by atoms with Crippen molar-refractivity contribution in [2.75, 3.05) is 5.32 Å². The Morgan fingerprint density at radius 2 is 1.89 bits per heavy atom. The third-order valence-corrected chi connectivity index (χ3v) is 3.68. The lowest BCUT2D eigenvalue weighted by Gasteiger charge is -2.08. The monoisotopic (exact) mass is 385 g/mol. The second-order valence-corrected chi connectivity index (χ2v) is 5.80. The van der Waals surface area contributed by atoms with Crippen LogP contribution in [0.1, 0.15) is 10.6 Å². The Kier molecular flexibility index (Phi) is 5.23. The average molecular weight is 385 g/mol. The number of non-ortho nitro benzene ring substituents is 1. The molecule has 0 atom stereocenters. The maximum Gasteiger partial charge on any atom is 0.293 e. The van der Waals surface area contributed by atoms with Gasteiger partial charge in [0.1, 0.15) is 11.6 Å². The molecule has 0 unspecified atom stereocenters. The zero-order valence-electron chi connectivity index (χ0n) is 13.6. The number of hydrogen-bond acceptors (Lipinski definition) is 5. The molecule has 0 saturated carbocycles. The maximum absolute atomic E-state index is 13.2. The molecule has 27 heavy (non-hydrogen) atoms. The third kappa shape index (κ3) is 4.53. The molecule has 2 aromatic carbocycles. The molecule has 3 rings (SSSR count). The molecule has 1 aromatic heterocycles. The number of nitro groups is 1. The number of carbonyl (C=O) groups is 1. The number of anilines is 1. The Hall–Kier alpha value is -3.59. The topological polar surface area (TPSA) is 97.4 Å². The van der Waals surface area contributed by atoms with Gasteiger partial charge in [0.2, 0.25) is 0 Å². The van der Waals surface area contributed by atoms with E-state index in [9.17, 15) is 19.3 Å². The van der Waals surface area contributed by atoms with Gasteiger partial charge in [-0.25, -0.2) is 4.39 Å². The van der Waals surface area contributed by atoms with Crippen molar-refractivity contribution in [3.8, 4) is 11.3 Å². The zero-order valence-corrected chi connectivity index (χ0v) is 14.5. The first-order valence-electron chi connectivity index (χ1n) is 7.65.